The largest absolute Gasteiger partial charge is 0.348 e. The van der Waals surface area contributed by atoms with Gasteiger partial charge in [0.05, 0.1) is 27.3 Å². The van der Waals surface area contributed by atoms with Gasteiger partial charge >= 0.3 is 11.4 Å². The van der Waals surface area contributed by atoms with Crippen LogP contribution in [0.15, 0.2) is 75.5 Å². The van der Waals surface area contributed by atoms with E-state index in [4.69, 9.17) is 0 Å². The average Bonchev–Trinajstić information content (AvgIpc) is 3.23. The molecular weight excluding hydrogens is 394 g/mol. The Hall–Kier alpha value is -4.74. The number of nitro groups is 2. The van der Waals surface area contributed by atoms with Crippen molar-refractivity contribution in [1.29, 1.82) is 0 Å². The summed E-state index contributed by atoms with van der Waals surface area (Å²) in [5.74, 6) is 0. The predicted molar refractivity (Wildman–Crippen MR) is 105 cm³/mol. The molecule has 1 heterocycles. The number of rotatable bonds is 6. The van der Waals surface area contributed by atoms with E-state index in [0.29, 0.717) is 17.1 Å². The lowest BCUT2D eigenvalue weighted by Crippen LogP contribution is -2.00. The maximum atomic E-state index is 11.5. The monoisotopic (exact) mass is 405 g/mol. The summed E-state index contributed by atoms with van der Waals surface area (Å²) in [7, 11) is 0. The Labute approximate surface area is 167 Å². The van der Waals surface area contributed by atoms with E-state index in [9.17, 15) is 20.2 Å². The Morgan fingerprint density at radius 1 is 0.800 bits per heavy atom. The molecule has 0 aliphatic carbocycles. The van der Waals surface area contributed by atoms with Gasteiger partial charge in [0.1, 0.15) is 5.69 Å². The standard InChI is InChI=1S/C18H11N7O5/c26-24(27)14-10-15(25(28)29)17-18(23-30-22-17)16(14)19-11-6-8-13(9-7-11)21-20-12-4-2-1-3-5-12/h1-10,19H. The van der Waals surface area contributed by atoms with Crippen LogP contribution in [0.5, 0.6) is 0 Å². The van der Waals surface area contributed by atoms with E-state index in [1.54, 1.807) is 24.3 Å². The molecule has 0 amide bonds. The molecule has 30 heavy (non-hydrogen) atoms. The minimum atomic E-state index is -0.782. The molecule has 0 aliphatic heterocycles. The van der Waals surface area contributed by atoms with Crippen molar-refractivity contribution in [2.24, 2.45) is 10.2 Å². The molecule has 0 spiro atoms. The Morgan fingerprint density at radius 2 is 1.40 bits per heavy atom. The highest BCUT2D eigenvalue weighted by atomic mass is 16.6. The van der Waals surface area contributed by atoms with Gasteiger partial charge in [-0.1, -0.05) is 18.2 Å². The molecule has 1 N–H and O–H groups in total. The summed E-state index contributed by atoms with van der Waals surface area (Å²) >= 11 is 0. The zero-order chi connectivity index (χ0) is 21.1. The molecule has 12 heteroatoms. The molecule has 148 valence electrons. The number of hydrogen-bond acceptors (Lipinski definition) is 10. The Balaban J connectivity index is 1.66. The van der Waals surface area contributed by atoms with Gasteiger partial charge in [0.15, 0.2) is 5.52 Å². The second kappa shape index (κ2) is 7.71. The van der Waals surface area contributed by atoms with E-state index in [2.05, 4.69) is 30.5 Å². The summed E-state index contributed by atoms with van der Waals surface area (Å²) in [5.41, 5.74) is 0.247. The molecule has 3 aromatic carbocycles. The lowest BCUT2D eigenvalue weighted by molar-refractivity contribution is -0.392. The van der Waals surface area contributed by atoms with Gasteiger partial charge in [0.2, 0.25) is 5.52 Å². The van der Waals surface area contributed by atoms with Crippen molar-refractivity contribution in [3.05, 3.63) is 80.9 Å². The zero-order valence-electron chi connectivity index (χ0n) is 15.0. The number of nitrogens with one attached hydrogen (secondary N) is 1. The van der Waals surface area contributed by atoms with Crippen molar-refractivity contribution in [3.63, 3.8) is 0 Å². The van der Waals surface area contributed by atoms with Crippen LogP contribution in [0, 0.1) is 20.2 Å². The number of nitrogens with zero attached hydrogens (tertiary/aromatic N) is 6. The lowest BCUT2D eigenvalue weighted by atomic mass is 10.2. The molecule has 12 nitrogen and oxygen atoms in total. The number of azo groups is 1. The zero-order valence-corrected chi connectivity index (χ0v) is 15.0. The summed E-state index contributed by atoms with van der Waals surface area (Å²) in [5, 5.41) is 40.8. The summed E-state index contributed by atoms with van der Waals surface area (Å²) in [4.78, 5) is 21.1. The van der Waals surface area contributed by atoms with Gasteiger partial charge in [-0.3, -0.25) is 20.2 Å². The van der Waals surface area contributed by atoms with Crippen LogP contribution >= 0.6 is 0 Å². The third-order valence-electron chi connectivity index (χ3n) is 4.06. The molecule has 0 bridgehead atoms. The van der Waals surface area contributed by atoms with Gasteiger partial charge in [-0.05, 0) is 46.7 Å². The number of hydrogen-bond donors (Lipinski definition) is 1. The molecule has 4 aromatic rings. The molecule has 1 aromatic heterocycles. The maximum Gasteiger partial charge on any atom is 0.307 e. The molecular formula is C18H11N7O5. The number of benzene rings is 3. The minimum absolute atomic E-state index is 0.0690. The van der Waals surface area contributed by atoms with E-state index >= 15 is 0 Å². The van der Waals surface area contributed by atoms with Gasteiger partial charge in [0.25, 0.3) is 0 Å². The SMILES string of the molecule is O=[N+]([O-])c1cc([N+](=O)[O-])c2nonc2c1Nc1ccc(N=Nc2ccccc2)cc1. The normalized spacial score (nSPS) is 11.1. The van der Waals surface area contributed by atoms with Crippen molar-refractivity contribution in [1.82, 2.24) is 10.3 Å². The summed E-state index contributed by atoms with van der Waals surface area (Å²) in [6, 6.07) is 16.6. The van der Waals surface area contributed by atoms with E-state index < -0.39 is 21.2 Å². The first-order valence-electron chi connectivity index (χ1n) is 8.45. The summed E-state index contributed by atoms with van der Waals surface area (Å²) in [6.07, 6.45) is 0. The van der Waals surface area contributed by atoms with Gasteiger partial charge in [-0.2, -0.15) is 10.2 Å². The van der Waals surface area contributed by atoms with Crippen molar-refractivity contribution in [2.45, 2.75) is 0 Å². The quantitative estimate of drug-likeness (QED) is 0.260. The minimum Gasteiger partial charge on any atom is -0.348 e. The molecule has 0 radical (unpaired) electrons. The first kappa shape index (κ1) is 18.6. The van der Waals surface area contributed by atoms with Gasteiger partial charge < -0.3 is 5.32 Å². The average molecular weight is 405 g/mol. The van der Waals surface area contributed by atoms with Gasteiger partial charge in [-0.25, -0.2) is 4.63 Å². The van der Waals surface area contributed by atoms with Crippen LogP contribution in [0.4, 0.5) is 34.1 Å². The van der Waals surface area contributed by atoms with Crippen LogP contribution in [-0.2, 0) is 0 Å². The summed E-state index contributed by atoms with van der Waals surface area (Å²) in [6.45, 7) is 0. The highest BCUT2D eigenvalue weighted by Crippen LogP contribution is 2.39. The van der Waals surface area contributed by atoms with Crippen LogP contribution in [0.2, 0.25) is 0 Å². The maximum absolute atomic E-state index is 11.5. The first-order valence-corrected chi connectivity index (χ1v) is 8.45. The Kier molecular flexibility index (Phi) is 4.78. The number of nitro benzene ring substituents is 2. The van der Waals surface area contributed by atoms with Gasteiger partial charge in [0, 0.05) is 5.69 Å². The first-order chi connectivity index (χ1) is 14.5. The highest BCUT2D eigenvalue weighted by Gasteiger charge is 2.29. The molecule has 0 saturated carbocycles. The number of aromatic nitrogens is 2. The number of fused-ring (bicyclic) bond motifs is 1. The molecule has 0 atom stereocenters. The molecule has 0 fully saturated rings. The smallest absolute Gasteiger partial charge is 0.307 e. The van der Waals surface area contributed by atoms with Gasteiger partial charge in [-0.15, -0.1) is 0 Å². The van der Waals surface area contributed by atoms with Crippen molar-refractivity contribution in [2.75, 3.05) is 5.32 Å². The van der Waals surface area contributed by atoms with E-state index in [1.165, 1.54) is 0 Å². The number of non-ortho nitro benzene ring substituents is 1. The molecule has 0 saturated heterocycles. The third-order valence-corrected chi connectivity index (χ3v) is 4.06. The Bertz CT molecular complexity index is 1270. The highest BCUT2D eigenvalue weighted by molar-refractivity contribution is 6.00. The van der Waals surface area contributed by atoms with Crippen LogP contribution in [-0.4, -0.2) is 20.2 Å². The van der Waals surface area contributed by atoms with Crippen LogP contribution in [0.1, 0.15) is 0 Å². The van der Waals surface area contributed by atoms with Crippen molar-refractivity contribution in [3.8, 4) is 0 Å². The van der Waals surface area contributed by atoms with E-state index in [0.717, 1.165) is 6.07 Å². The molecule has 0 aliphatic rings. The van der Waals surface area contributed by atoms with Crippen LogP contribution < -0.4 is 5.32 Å². The van der Waals surface area contributed by atoms with Crippen molar-refractivity contribution >= 4 is 45.2 Å². The second-order valence-corrected chi connectivity index (χ2v) is 5.97. The van der Waals surface area contributed by atoms with Crippen LogP contribution in [0.25, 0.3) is 11.0 Å². The fourth-order valence-corrected chi connectivity index (χ4v) is 2.68. The fraction of sp³-hybridized carbons (Fsp3) is 0. The summed E-state index contributed by atoms with van der Waals surface area (Å²) < 4.78 is 4.57. The second-order valence-electron chi connectivity index (χ2n) is 5.97. The number of anilines is 2. The van der Waals surface area contributed by atoms with Crippen molar-refractivity contribution < 1.29 is 14.5 Å². The lowest BCUT2D eigenvalue weighted by Gasteiger charge is -2.07. The fourth-order valence-electron chi connectivity index (χ4n) is 2.68. The van der Waals surface area contributed by atoms with E-state index in [1.807, 2.05) is 30.3 Å². The topological polar surface area (TPSA) is 162 Å². The molecule has 0 unspecified atom stereocenters. The predicted octanol–water partition coefficient (Wildman–Crippen LogP) is 5.20. The van der Waals surface area contributed by atoms with Crippen LogP contribution in [0.3, 0.4) is 0 Å². The Morgan fingerprint density at radius 3 is 2.03 bits per heavy atom. The molecule has 4 rings (SSSR count). The van der Waals surface area contributed by atoms with E-state index in [-0.39, 0.29) is 16.7 Å². The third kappa shape index (κ3) is 3.64.